The largest absolute Gasteiger partial charge is 0.455 e. The topological polar surface area (TPSA) is 13.1 Å². The molecule has 0 bridgehead atoms. The Morgan fingerprint density at radius 3 is 2.38 bits per heavy atom. The van der Waals surface area contributed by atoms with Gasteiger partial charge in [-0.25, -0.2) is 4.57 Å². The first-order chi connectivity index (χ1) is 18.7. The SMILES string of the molecule is Cc1ccc2c(CC(C)(C)C)c3c(c(C)c2c1)-c1c2c(cc4cc(C5CCCCC5)ccc4c2cc[n+]1C)O3. The van der Waals surface area contributed by atoms with E-state index in [0.29, 0.717) is 5.92 Å². The fourth-order valence-electron chi connectivity index (χ4n) is 7.38. The summed E-state index contributed by atoms with van der Waals surface area (Å²) in [5, 5.41) is 7.82. The molecule has 0 amide bonds. The van der Waals surface area contributed by atoms with Crippen LogP contribution in [-0.4, -0.2) is 0 Å². The number of hydrogen-bond donors (Lipinski definition) is 0. The van der Waals surface area contributed by atoms with Crippen LogP contribution in [0.2, 0.25) is 0 Å². The van der Waals surface area contributed by atoms with E-state index in [1.807, 2.05) is 0 Å². The molecule has 0 spiro atoms. The Morgan fingerprint density at radius 1 is 0.846 bits per heavy atom. The molecule has 0 atom stereocenters. The van der Waals surface area contributed by atoms with Gasteiger partial charge in [-0.3, -0.25) is 0 Å². The molecule has 4 aromatic carbocycles. The second-order valence-corrected chi connectivity index (χ2v) is 13.5. The van der Waals surface area contributed by atoms with Gasteiger partial charge in [-0.15, -0.1) is 0 Å². The number of pyridine rings is 1. The van der Waals surface area contributed by atoms with Crippen LogP contribution in [0.3, 0.4) is 0 Å². The summed E-state index contributed by atoms with van der Waals surface area (Å²) < 4.78 is 9.39. The van der Waals surface area contributed by atoms with E-state index in [0.717, 1.165) is 17.9 Å². The van der Waals surface area contributed by atoms with Crippen LogP contribution >= 0.6 is 0 Å². The maximum Gasteiger partial charge on any atom is 0.228 e. The Hall–Kier alpha value is -3.39. The highest BCUT2D eigenvalue weighted by Gasteiger charge is 2.34. The molecular weight excluding hydrogens is 474 g/mol. The molecule has 1 saturated carbocycles. The van der Waals surface area contributed by atoms with Crippen LogP contribution in [0.25, 0.3) is 43.6 Å². The number of hydrogen-bond acceptors (Lipinski definition) is 1. The summed E-state index contributed by atoms with van der Waals surface area (Å²) in [4.78, 5) is 0. The van der Waals surface area contributed by atoms with Crippen molar-refractivity contribution in [2.24, 2.45) is 12.5 Å². The first-order valence-electron chi connectivity index (χ1n) is 14.8. The molecule has 198 valence electrons. The molecule has 1 aromatic heterocycles. The zero-order valence-corrected chi connectivity index (χ0v) is 24.4. The average molecular weight is 515 g/mol. The lowest BCUT2D eigenvalue weighted by molar-refractivity contribution is -0.659. The number of nitrogens with zero attached hydrogens (tertiary/aromatic N) is 1. The molecule has 1 aliphatic heterocycles. The van der Waals surface area contributed by atoms with Crippen LogP contribution in [0.5, 0.6) is 11.5 Å². The monoisotopic (exact) mass is 514 g/mol. The number of fused-ring (bicyclic) bond motifs is 5. The molecule has 1 aliphatic carbocycles. The van der Waals surface area contributed by atoms with Crippen molar-refractivity contribution in [3.63, 3.8) is 0 Å². The Balaban J connectivity index is 1.55. The molecule has 0 radical (unpaired) electrons. The van der Waals surface area contributed by atoms with E-state index in [4.69, 9.17) is 4.74 Å². The summed E-state index contributed by atoms with van der Waals surface area (Å²) in [7, 11) is 2.19. The molecule has 2 nitrogen and oxygen atoms in total. The van der Waals surface area contributed by atoms with E-state index in [9.17, 15) is 0 Å². The van der Waals surface area contributed by atoms with Gasteiger partial charge in [-0.1, -0.05) is 82.0 Å². The van der Waals surface area contributed by atoms with Crippen LogP contribution in [0.15, 0.2) is 54.7 Å². The van der Waals surface area contributed by atoms with Gasteiger partial charge >= 0.3 is 0 Å². The lowest BCUT2D eigenvalue weighted by Crippen LogP contribution is -2.32. The molecular formula is C37H40NO+. The average Bonchev–Trinajstić information content (AvgIpc) is 2.91. The van der Waals surface area contributed by atoms with Crippen molar-refractivity contribution in [1.82, 2.24) is 0 Å². The minimum absolute atomic E-state index is 0.136. The summed E-state index contributed by atoms with van der Waals surface area (Å²) in [6.45, 7) is 11.5. The number of benzene rings is 4. The van der Waals surface area contributed by atoms with Crippen molar-refractivity contribution in [2.45, 2.75) is 79.1 Å². The van der Waals surface area contributed by atoms with Gasteiger partial charge in [0.2, 0.25) is 5.69 Å². The fraction of sp³-hybridized carbons (Fsp3) is 0.378. The Morgan fingerprint density at radius 2 is 1.62 bits per heavy atom. The lowest BCUT2D eigenvalue weighted by atomic mass is 9.81. The van der Waals surface area contributed by atoms with Crippen LogP contribution < -0.4 is 9.30 Å². The molecule has 2 aliphatic rings. The smallest absolute Gasteiger partial charge is 0.228 e. The maximum absolute atomic E-state index is 7.08. The predicted molar refractivity (Wildman–Crippen MR) is 164 cm³/mol. The van der Waals surface area contributed by atoms with E-state index in [-0.39, 0.29) is 5.41 Å². The van der Waals surface area contributed by atoms with E-state index in [1.165, 1.54) is 97.9 Å². The third-order valence-electron chi connectivity index (χ3n) is 9.24. The first-order valence-corrected chi connectivity index (χ1v) is 14.8. The zero-order chi connectivity index (χ0) is 27.1. The minimum atomic E-state index is 0.136. The van der Waals surface area contributed by atoms with Crippen molar-refractivity contribution >= 4 is 32.3 Å². The van der Waals surface area contributed by atoms with Gasteiger partial charge in [0, 0.05) is 17.0 Å². The maximum atomic E-state index is 7.08. The van der Waals surface area contributed by atoms with Gasteiger partial charge in [0.25, 0.3) is 0 Å². The molecule has 2 heterocycles. The number of aryl methyl sites for hydroxylation is 3. The highest BCUT2D eigenvalue weighted by molar-refractivity contribution is 6.16. The van der Waals surface area contributed by atoms with Crippen molar-refractivity contribution in [1.29, 1.82) is 0 Å². The summed E-state index contributed by atoms with van der Waals surface area (Å²) in [6.07, 6.45) is 9.94. The quantitative estimate of drug-likeness (QED) is 0.165. The predicted octanol–water partition coefficient (Wildman–Crippen LogP) is 10.00. The summed E-state index contributed by atoms with van der Waals surface area (Å²) in [5.74, 6) is 2.74. The van der Waals surface area contributed by atoms with Crippen LogP contribution in [0.4, 0.5) is 0 Å². The summed E-state index contributed by atoms with van der Waals surface area (Å²) >= 11 is 0. The van der Waals surface area contributed by atoms with E-state index < -0.39 is 0 Å². The fourth-order valence-corrected chi connectivity index (χ4v) is 7.38. The molecule has 39 heavy (non-hydrogen) atoms. The van der Waals surface area contributed by atoms with E-state index in [1.54, 1.807) is 0 Å². The molecule has 7 rings (SSSR count). The van der Waals surface area contributed by atoms with Gasteiger partial charge < -0.3 is 4.74 Å². The van der Waals surface area contributed by atoms with Gasteiger partial charge in [0.1, 0.15) is 18.5 Å². The molecule has 0 N–H and O–H groups in total. The Bertz CT molecular complexity index is 1800. The zero-order valence-electron chi connectivity index (χ0n) is 24.4. The van der Waals surface area contributed by atoms with Crippen molar-refractivity contribution in [3.05, 3.63) is 77.0 Å². The molecule has 2 heteroatoms. The molecule has 5 aromatic rings. The van der Waals surface area contributed by atoms with Gasteiger partial charge in [0.05, 0.1) is 10.9 Å². The first kappa shape index (κ1) is 24.6. The third kappa shape index (κ3) is 3.94. The van der Waals surface area contributed by atoms with Crippen molar-refractivity contribution < 1.29 is 9.30 Å². The van der Waals surface area contributed by atoms with Crippen molar-refractivity contribution in [2.75, 3.05) is 0 Å². The highest BCUT2D eigenvalue weighted by Crippen LogP contribution is 2.53. The summed E-state index contributed by atoms with van der Waals surface area (Å²) in [5.41, 5.74) is 8.10. The molecule has 1 fully saturated rings. The summed E-state index contributed by atoms with van der Waals surface area (Å²) in [6, 6.07) is 18.8. The highest BCUT2D eigenvalue weighted by atomic mass is 16.5. The lowest BCUT2D eigenvalue weighted by Gasteiger charge is -2.28. The number of rotatable bonds is 2. The number of ether oxygens (including phenoxy) is 1. The van der Waals surface area contributed by atoms with Crippen LogP contribution in [-0.2, 0) is 13.5 Å². The normalized spacial score (nSPS) is 15.6. The Kier molecular flexibility index (Phi) is 5.57. The van der Waals surface area contributed by atoms with E-state index in [2.05, 4.69) is 101 Å². The minimum Gasteiger partial charge on any atom is -0.455 e. The van der Waals surface area contributed by atoms with Crippen molar-refractivity contribution in [3.8, 4) is 22.8 Å². The van der Waals surface area contributed by atoms with E-state index >= 15 is 0 Å². The third-order valence-corrected chi connectivity index (χ3v) is 9.24. The van der Waals surface area contributed by atoms with Gasteiger partial charge in [-0.05, 0) is 83.2 Å². The number of aromatic nitrogens is 1. The second-order valence-electron chi connectivity index (χ2n) is 13.5. The second kappa shape index (κ2) is 8.81. The van der Waals surface area contributed by atoms with Gasteiger partial charge in [0.15, 0.2) is 6.20 Å². The standard InChI is InChI=1S/C37H40NO/c1-22-12-14-28-30(18-22)23(2)33-35-34-29(16-17-38(35)6)27-15-13-25(24-10-8-7-9-11-24)19-26(27)20-32(34)39-36(33)31(28)21-37(3,4)5/h12-20,24H,7-11,21H2,1-6H3/q+1. The van der Waals surface area contributed by atoms with Crippen LogP contribution in [0, 0.1) is 19.3 Å². The van der Waals surface area contributed by atoms with Crippen LogP contribution in [0.1, 0.15) is 81.0 Å². The molecule has 0 unspecified atom stereocenters. The van der Waals surface area contributed by atoms with Gasteiger partial charge in [-0.2, -0.15) is 0 Å². The Labute approximate surface area is 232 Å². The molecule has 0 saturated heterocycles.